The number of hydrogen-bond acceptors (Lipinski definition) is 7. The number of amides is 2. The van der Waals surface area contributed by atoms with Gasteiger partial charge < -0.3 is 24.5 Å². The van der Waals surface area contributed by atoms with Crippen LogP contribution < -0.4 is 4.90 Å². The monoisotopic (exact) mass is 586 g/mol. The minimum atomic E-state index is -1.02. The molecule has 2 amide bonds. The minimum Gasteiger partial charge on any atom is -0.479 e. The van der Waals surface area contributed by atoms with E-state index in [-0.39, 0.29) is 41.5 Å². The fourth-order valence-electron chi connectivity index (χ4n) is 7.59. The molecule has 0 radical (unpaired) electrons. The molecule has 4 aliphatic rings. The highest BCUT2D eigenvalue weighted by atomic mass is 16.5. The van der Waals surface area contributed by atoms with Gasteiger partial charge in [-0.2, -0.15) is 0 Å². The Kier molecular flexibility index (Phi) is 6.68. The number of ether oxygens (including phenoxy) is 1. The molecule has 1 spiro atoms. The first kappa shape index (κ1) is 27.8. The number of carboxylic acid groups (broad SMARTS) is 1. The third kappa shape index (κ3) is 4.93. The van der Waals surface area contributed by atoms with E-state index >= 15 is 0 Å². The molecule has 0 aliphatic carbocycles. The van der Waals surface area contributed by atoms with E-state index in [9.17, 15) is 19.5 Å². The lowest BCUT2D eigenvalue weighted by Gasteiger charge is -2.26. The molecule has 6 heterocycles. The number of anilines is 1. The van der Waals surface area contributed by atoms with Crippen molar-refractivity contribution in [2.75, 3.05) is 50.8 Å². The second kappa shape index (κ2) is 10.3. The average Bonchev–Trinajstić information content (AvgIpc) is 3.84. The van der Waals surface area contributed by atoms with Crippen LogP contribution in [0.4, 0.5) is 5.69 Å². The SMILES string of the molecule is Cc1cc(N2CC[C@](C)(c3ccccc3)C2)cn2nc(C(=O)N3CC[C@@]4(CCN(C(=O)C5COC(C(=O)O)C5)C4)C3)nc12. The third-order valence-corrected chi connectivity index (χ3v) is 10.2. The topological polar surface area (TPSA) is 121 Å². The van der Waals surface area contributed by atoms with Gasteiger partial charge in [0.25, 0.3) is 5.91 Å². The van der Waals surface area contributed by atoms with E-state index in [1.54, 1.807) is 4.52 Å². The van der Waals surface area contributed by atoms with Crippen molar-refractivity contribution in [1.29, 1.82) is 0 Å². The third-order valence-electron chi connectivity index (χ3n) is 10.2. The van der Waals surface area contributed by atoms with Gasteiger partial charge in [0, 0.05) is 50.1 Å². The Morgan fingerprint density at radius 2 is 1.74 bits per heavy atom. The van der Waals surface area contributed by atoms with E-state index in [1.165, 1.54) is 5.56 Å². The van der Waals surface area contributed by atoms with Gasteiger partial charge in [-0.25, -0.2) is 14.3 Å². The predicted molar refractivity (Wildman–Crippen MR) is 158 cm³/mol. The first-order valence-electron chi connectivity index (χ1n) is 15.2. The summed E-state index contributed by atoms with van der Waals surface area (Å²) in [7, 11) is 0. The fraction of sp³-hybridized carbons (Fsp3) is 0.531. The van der Waals surface area contributed by atoms with Gasteiger partial charge >= 0.3 is 5.97 Å². The summed E-state index contributed by atoms with van der Waals surface area (Å²) in [5.74, 6) is -1.47. The smallest absolute Gasteiger partial charge is 0.332 e. The summed E-state index contributed by atoms with van der Waals surface area (Å²) in [6.07, 6.45) is 3.98. The first-order valence-corrected chi connectivity index (χ1v) is 15.2. The molecular formula is C32H38N6O5. The molecule has 1 N–H and O–H groups in total. The summed E-state index contributed by atoms with van der Waals surface area (Å²) in [4.78, 5) is 48.6. The Labute approximate surface area is 250 Å². The molecule has 11 heteroatoms. The number of pyridine rings is 1. The van der Waals surface area contributed by atoms with E-state index in [0.717, 1.165) is 43.6 Å². The van der Waals surface area contributed by atoms with Crippen molar-refractivity contribution in [2.45, 2.75) is 51.0 Å². The number of aryl methyl sites for hydroxylation is 1. The molecule has 4 fully saturated rings. The number of fused-ring (bicyclic) bond motifs is 1. The van der Waals surface area contributed by atoms with Crippen molar-refractivity contribution in [1.82, 2.24) is 24.4 Å². The van der Waals surface area contributed by atoms with E-state index in [2.05, 4.69) is 58.3 Å². The molecule has 1 aromatic carbocycles. The Morgan fingerprint density at radius 3 is 2.49 bits per heavy atom. The van der Waals surface area contributed by atoms with Crippen LogP contribution in [0.1, 0.15) is 54.4 Å². The number of benzene rings is 1. The van der Waals surface area contributed by atoms with Crippen LogP contribution >= 0.6 is 0 Å². The van der Waals surface area contributed by atoms with Crippen LogP contribution in [0, 0.1) is 18.3 Å². The van der Waals surface area contributed by atoms with Crippen LogP contribution in [0.3, 0.4) is 0 Å². The van der Waals surface area contributed by atoms with Gasteiger partial charge in [0.05, 0.1) is 24.4 Å². The molecule has 4 saturated heterocycles. The molecule has 2 unspecified atom stereocenters. The predicted octanol–water partition coefficient (Wildman–Crippen LogP) is 2.76. The summed E-state index contributed by atoms with van der Waals surface area (Å²) < 4.78 is 7.04. The van der Waals surface area contributed by atoms with Gasteiger partial charge in [-0.15, -0.1) is 5.10 Å². The summed E-state index contributed by atoms with van der Waals surface area (Å²) in [6, 6.07) is 12.8. The van der Waals surface area contributed by atoms with Crippen LogP contribution in [-0.4, -0.2) is 99.3 Å². The van der Waals surface area contributed by atoms with Crippen LogP contribution in [-0.2, 0) is 19.7 Å². The number of nitrogens with zero attached hydrogens (tertiary/aromatic N) is 6. The largest absolute Gasteiger partial charge is 0.479 e. The lowest BCUT2D eigenvalue weighted by Crippen LogP contribution is -2.38. The van der Waals surface area contributed by atoms with Gasteiger partial charge in [0.1, 0.15) is 0 Å². The Hall–Kier alpha value is -3.99. The van der Waals surface area contributed by atoms with Crippen LogP contribution in [0.15, 0.2) is 42.6 Å². The molecule has 7 rings (SSSR count). The quantitative estimate of drug-likeness (QED) is 0.485. The van der Waals surface area contributed by atoms with Gasteiger partial charge in [-0.05, 0) is 49.8 Å². The van der Waals surface area contributed by atoms with Crippen LogP contribution in [0.5, 0.6) is 0 Å². The Morgan fingerprint density at radius 1 is 1.00 bits per heavy atom. The zero-order chi connectivity index (χ0) is 29.9. The number of carbonyl (C=O) groups is 3. The van der Waals surface area contributed by atoms with E-state index in [4.69, 9.17) is 4.74 Å². The van der Waals surface area contributed by atoms with E-state index in [0.29, 0.717) is 31.8 Å². The van der Waals surface area contributed by atoms with Crippen molar-refractivity contribution in [3.05, 3.63) is 59.5 Å². The maximum Gasteiger partial charge on any atom is 0.332 e. The molecule has 0 saturated carbocycles. The normalized spacial score (nSPS) is 28.9. The second-order valence-electron chi connectivity index (χ2n) is 13.3. The summed E-state index contributed by atoms with van der Waals surface area (Å²) in [5.41, 5.74) is 4.00. The van der Waals surface area contributed by atoms with Crippen LogP contribution in [0.2, 0.25) is 0 Å². The number of hydrogen-bond donors (Lipinski definition) is 1. The zero-order valence-electron chi connectivity index (χ0n) is 24.7. The molecule has 2 aromatic heterocycles. The molecule has 3 aromatic rings. The lowest BCUT2D eigenvalue weighted by atomic mass is 9.82. The van der Waals surface area contributed by atoms with Gasteiger partial charge in [0.2, 0.25) is 11.7 Å². The highest BCUT2D eigenvalue weighted by molar-refractivity contribution is 5.91. The number of aliphatic carboxylic acids is 1. The van der Waals surface area contributed by atoms with E-state index < -0.39 is 18.0 Å². The van der Waals surface area contributed by atoms with Crippen molar-refractivity contribution < 1.29 is 24.2 Å². The first-order chi connectivity index (χ1) is 20.6. The number of carboxylic acids is 1. The fourth-order valence-corrected chi connectivity index (χ4v) is 7.59. The molecule has 226 valence electrons. The number of rotatable bonds is 5. The summed E-state index contributed by atoms with van der Waals surface area (Å²) in [5, 5.41) is 13.8. The van der Waals surface area contributed by atoms with Crippen molar-refractivity contribution in [3.8, 4) is 0 Å². The van der Waals surface area contributed by atoms with Crippen molar-refractivity contribution in [2.24, 2.45) is 11.3 Å². The summed E-state index contributed by atoms with van der Waals surface area (Å²) >= 11 is 0. The van der Waals surface area contributed by atoms with Crippen molar-refractivity contribution >= 4 is 29.1 Å². The molecule has 4 atom stereocenters. The standard InChI is InChI=1S/C32H38N6O5/c1-21-14-24(35-11-8-31(2,18-35)23-6-4-3-5-7-23)16-38-27(21)33-26(34-38)29(40)37-13-10-32(20-37)9-12-36(19-32)28(39)22-15-25(30(41)42)43-17-22/h3-7,14,16,22,25H,8-13,15,17-20H2,1-2H3,(H,41,42)/t22?,25?,31-,32+/m0/s1. The van der Waals surface area contributed by atoms with Gasteiger partial charge in [0.15, 0.2) is 11.8 Å². The second-order valence-corrected chi connectivity index (χ2v) is 13.3. The molecule has 43 heavy (non-hydrogen) atoms. The molecule has 4 aliphatic heterocycles. The van der Waals surface area contributed by atoms with Gasteiger partial charge in [-0.3, -0.25) is 9.59 Å². The Balaban J connectivity index is 1.02. The minimum absolute atomic E-state index is 0.0409. The molecular weight excluding hydrogens is 548 g/mol. The van der Waals surface area contributed by atoms with Crippen LogP contribution in [0.25, 0.3) is 5.65 Å². The highest BCUT2D eigenvalue weighted by Crippen LogP contribution is 2.41. The molecule has 0 bridgehead atoms. The molecule has 11 nitrogen and oxygen atoms in total. The van der Waals surface area contributed by atoms with Gasteiger partial charge in [-0.1, -0.05) is 37.3 Å². The number of aromatic nitrogens is 3. The number of carbonyl (C=O) groups excluding carboxylic acids is 2. The average molecular weight is 587 g/mol. The maximum atomic E-state index is 13.6. The van der Waals surface area contributed by atoms with E-state index in [1.807, 2.05) is 22.9 Å². The maximum absolute atomic E-state index is 13.6. The summed E-state index contributed by atoms with van der Waals surface area (Å²) in [6.45, 7) is 8.67. The Bertz CT molecular complexity index is 1590. The number of likely N-dealkylation sites (tertiary alicyclic amines) is 2. The van der Waals surface area contributed by atoms with Crippen molar-refractivity contribution in [3.63, 3.8) is 0 Å². The lowest BCUT2D eigenvalue weighted by molar-refractivity contribution is -0.147. The highest BCUT2D eigenvalue weighted by Gasteiger charge is 2.48. The zero-order valence-corrected chi connectivity index (χ0v) is 24.7.